The van der Waals surface area contributed by atoms with Crippen molar-refractivity contribution in [2.75, 3.05) is 45.6 Å². The molecule has 1 N–H and O–H groups in total. The van der Waals surface area contributed by atoms with Crippen LogP contribution in [0, 0.1) is 5.92 Å². The summed E-state index contributed by atoms with van der Waals surface area (Å²) in [5.41, 5.74) is 1.92. The van der Waals surface area contributed by atoms with Crippen LogP contribution >= 0.6 is 24.0 Å². The topological polar surface area (TPSA) is 48.5 Å². The molecule has 1 amide bonds. The molecule has 2 aromatic rings. The maximum absolute atomic E-state index is 12.6. The molecule has 0 aliphatic carbocycles. The Bertz CT molecular complexity index is 729. The molecule has 26 heavy (non-hydrogen) atoms. The van der Waals surface area contributed by atoms with Crippen LogP contribution in [0.15, 0.2) is 34.5 Å². The molecule has 1 fully saturated rings. The van der Waals surface area contributed by atoms with Gasteiger partial charge in [-0.25, -0.2) is 4.98 Å². The first-order valence-corrected chi connectivity index (χ1v) is 10.3. The van der Waals surface area contributed by atoms with E-state index in [9.17, 15) is 4.79 Å². The van der Waals surface area contributed by atoms with Gasteiger partial charge in [-0.2, -0.15) is 0 Å². The molecular formula is C19H26N4OS2. The summed E-state index contributed by atoms with van der Waals surface area (Å²) in [5, 5.41) is 5.67. The van der Waals surface area contributed by atoms with E-state index < -0.39 is 0 Å². The molecule has 140 valence electrons. The van der Waals surface area contributed by atoms with E-state index in [-0.39, 0.29) is 11.8 Å². The SMILES string of the molecule is CN(C)CCN1CCCC(C(=O)Nc2nc(-c3ccc(S)cc3)cs2)C1. The minimum absolute atomic E-state index is 0.0433. The second kappa shape index (κ2) is 8.99. The number of benzene rings is 1. The molecular weight excluding hydrogens is 364 g/mol. The smallest absolute Gasteiger partial charge is 0.230 e. The zero-order valence-electron chi connectivity index (χ0n) is 15.3. The number of carbonyl (C=O) groups is 1. The summed E-state index contributed by atoms with van der Waals surface area (Å²) < 4.78 is 0. The first kappa shape index (κ1) is 19.4. The lowest BCUT2D eigenvalue weighted by molar-refractivity contribution is -0.121. The van der Waals surface area contributed by atoms with E-state index in [0.29, 0.717) is 5.13 Å². The molecule has 0 bridgehead atoms. The summed E-state index contributed by atoms with van der Waals surface area (Å²) >= 11 is 5.78. The first-order chi connectivity index (χ1) is 12.5. The number of carbonyl (C=O) groups excluding carboxylic acids is 1. The zero-order valence-corrected chi connectivity index (χ0v) is 17.0. The lowest BCUT2D eigenvalue weighted by atomic mass is 9.97. The van der Waals surface area contributed by atoms with Gasteiger partial charge in [0.15, 0.2) is 5.13 Å². The standard InChI is InChI=1S/C19H26N4OS2/c1-22(2)10-11-23-9-3-4-15(12-23)18(24)21-19-20-17(13-26-19)14-5-7-16(25)8-6-14/h5-8,13,15,25H,3-4,9-12H2,1-2H3,(H,20,21,24). The second-order valence-electron chi connectivity index (χ2n) is 7.02. The molecule has 1 aromatic carbocycles. The molecule has 1 atom stereocenters. The number of amides is 1. The molecule has 0 saturated carbocycles. The monoisotopic (exact) mass is 390 g/mol. The van der Waals surface area contributed by atoms with Gasteiger partial charge in [0.1, 0.15) is 0 Å². The molecule has 0 spiro atoms. The fraction of sp³-hybridized carbons (Fsp3) is 0.474. The molecule has 3 rings (SSSR count). The maximum atomic E-state index is 12.6. The van der Waals surface area contributed by atoms with Gasteiger partial charge in [-0.05, 0) is 45.6 Å². The highest BCUT2D eigenvalue weighted by Crippen LogP contribution is 2.26. The lowest BCUT2D eigenvalue weighted by Crippen LogP contribution is -2.43. The molecule has 1 aliphatic heterocycles. The third-order valence-electron chi connectivity index (χ3n) is 4.64. The van der Waals surface area contributed by atoms with Gasteiger partial charge in [0.25, 0.3) is 0 Å². The number of likely N-dealkylation sites (tertiary alicyclic amines) is 1. The number of thiazole rings is 1. The number of thiol groups is 1. The predicted octanol–water partition coefficient (Wildman–Crippen LogP) is 3.31. The van der Waals surface area contributed by atoms with E-state index in [1.807, 2.05) is 29.6 Å². The second-order valence-corrected chi connectivity index (χ2v) is 8.39. The summed E-state index contributed by atoms with van der Waals surface area (Å²) in [7, 11) is 4.16. The van der Waals surface area contributed by atoms with Gasteiger partial charge in [0, 0.05) is 35.5 Å². The molecule has 1 saturated heterocycles. The van der Waals surface area contributed by atoms with Crippen LogP contribution in [0.3, 0.4) is 0 Å². The van der Waals surface area contributed by atoms with Crippen LogP contribution in [0.25, 0.3) is 11.3 Å². The maximum Gasteiger partial charge on any atom is 0.230 e. The third-order valence-corrected chi connectivity index (χ3v) is 5.69. The minimum Gasteiger partial charge on any atom is -0.308 e. The summed E-state index contributed by atoms with van der Waals surface area (Å²) in [6.07, 6.45) is 2.02. The molecule has 1 aliphatic rings. The van der Waals surface area contributed by atoms with Crippen LogP contribution in [0.1, 0.15) is 12.8 Å². The Labute approximate surface area is 164 Å². The summed E-state index contributed by atoms with van der Waals surface area (Å²) in [5.74, 6) is 0.132. The number of nitrogens with zero attached hydrogens (tertiary/aromatic N) is 3. The molecule has 1 aromatic heterocycles. The summed E-state index contributed by atoms with van der Waals surface area (Å²) in [6, 6.07) is 7.88. The number of hydrogen-bond acceptors (Lipinski definition) is 6. The van der Waals surface area contributed by atoms with E-state index in [4.69, 9.17) is 0 Å². The van der Waals surface area contributed by atoms with Crippen molar-refractivity contribution in [2.24, 2.45) is 5.92 Å². The number of aromatic nitrogens is 1. The van der Waals surface area contributed by atoms with Gasteiger partial charge in [-0.3, -0.25) is 4.79 Å². The largest absolute Gasteiger partial charge is 0.308 e. The van der Waals surface area contributed by atoms with Gasteiger partial charge in [-0.15, -0.1) is 24.0 Å². The quantitative estimate of drug-likeness (QED) is 0.743. The van der Waals surface area contributed by atoms with E-state index in [1.165, 1.54) is 11.3 Å². The lowest BCUT2D eigenvalue weighted by Gasteiger charge is -2.32. The Kier molecular flexibility index (Phi) is 6.69. The highest BCUT2D eigenvalue weighted by Gasteiger charge is 2.26. The minimum atomic E-state index is 0.0433. The van der Waals surface area contributed by atoms with Crippen molar-refractivity contribution in [3.05, 3.63) is 29.6 Å². The zero-order chi connectivity index (χ0) is 18.5. The predicted molar refractivity (Wildman–Crippen MR) is 111 cm³/mol. The van der Waals surface area contributed by atoms with E-state index in [2.05, 4.69) is 46.8 Å². The average molecular weight is 391 g/mol. The Morgan fingerprint density at radius 1 is 1.38 bits per heavy atom. The van der Waals surface area contributed by atoms with Crippen molar-refractivity contribution in [3.63, 3.8) is 0 Å². The number of nitrogens with one attached hydrogen (secondary N) is 1. The first-order valence-electron chi connectivity index (χ1n) is 8.94. The highest BCUT2D eigenvalue weighted by molar-refractivity contribution is 7.80. The normalized spacial score (nSPS) is 18.2. The average Bonchev–Trinajstić information content (AvgIpc) is 3.09. The Hall–Kier alpha value is -1.41. The number of likely N-dealkylation sites (N-methyl/N-ethyl adjacent to an activating group) is 1. The fourth-order valence-corrected chi connectivity index (χ4v) is 3.99. The van der Waals surface area contributed by atoms with Crippen LogP contribution in [0.2, 0.25) is 0 Å². The van der Waals surface area contributed by atoms with Crippen molar-refractivity contribution >= 4 is 35.0 Å². The van der Waals surface area contributed by atoms with Crippen LogP contribution in [-0.2, 0) is 4.79 Å². The van der Waals surface area contributed by atoms with Crippen molar-refractivity contribution < 1.29 is 4.79 Å². The molecule has 5 nitrogen and oxygen atoms in total. The summed E-state index contributed by atoms with van der Waals surface area (Å²) in [4.78, 5) is 22.7. The Morgan fingerprint density at radius 2 is 2.15 bits per heavy atom. The molecule has 1 unspecified atom stereocenters. The molecule has 0 radical (unpaired) electrons. The van der Waals surface area contributed by atoms with Gasteiger partial charge in [0.2, 0.25) is 5.91 Å². The van der Waals surface area contributed by atoms with E-state index in [1.54, 1.807) is 0 Å². The fourth-order valence-electron chi connectivity index (χ4n) is 3.12. The van der Waals surface area contributed by atoms with Crippen molar-refractivity contribution in [1.29, 1.82) is 0 Å². The summed E-state index contributed by atoms with van der Waals surface area (Å²) in [6.45, 7) is 3.95. The van der Waals surface area contributed by atoms with Gasteiger partial charge in [0.05, 0.1) is 11.6 Å². The Balaban J connectivity index is 1.57. The van der Waals surface area contributed by atoms with Crippen molar-refractivity contribution in [1.82, 2.24) is 14.8 Å². The number of piperidine rings is 1. The number of anilines is 1. The van der Waals surface area contributed by atoms with Gasteiger partial charge >= 0.3 is 0 Å². The number of rotatable bonds is 6. The van der Waals surface area contributed by atoms with Gasteiger partial charge in [-0.1, -0.05) is 12.1 Å². The van der Waals surface area contributed by atoms with Crippen LogP contribution in [0.5, 0.6) is 0 Å². The highest BCUT2D eigenvalue weighted by atomic mass is 32.1. The van der Waals surface area contributed by atoms with Crippen LogP contribution in [0.4, 0.5) is 5.13 Å². The van der Waals surface area contributed by atoms with Crippen molar-refractivity contribution in [3.8, 4) is 11.3 Å². The van der Waals surface area contributed by atoms with Crippen molar-refractivity contribution in [2.45, 2.75) is 17.7 Å². The number of hydrogen-bond donors (Lipinski definition) is 2. The van der Waals surface area contributed by atoms with Crippen LogP contribution < -0.4 is 5.32 Å². The molecule has 7 heteroatoms. The van der Waals surface area contributed by atoms with Gasteiger partial charge < -0.3 is 15.1 Å². The van der Waals surface area contributed by atoms with Crippen LogP contribution in [-0.4, -0.2) is 61.0 Å². The van der Waals surface area contributed by atoms with E-state index in [0.717, 1.165) is 55.2 Å². The van der Waals surface area contributed by atoms with E-state index >= 15 is 0 Å². The third kappa shape index (κ3) is 5.30. The molecule has 2 heterocycles. The Morgan fingerprint density at radius 3 is 2.88 bits per heavy atom.